The van der Waals surface area contributed by atoms with Crippen molar-refractivity contribution in [2.45, 2.75) is 57.0 Å². The Bertz CT molecular complexity index is 1720. The van der Waals surface area contributed by atoms with Gasteiger partial charge in [0.15, 0.2) is 5.13 Å². The first-order valence-corrected chi connectivity index (χ1v) is 19.4. The molecule has 7 atom stereocenters. The third-order valence-corrected chi connectivity index (χ3v) is 14.7. The summed E-state index contributed by atoms with van der Waals surface area (Å²) in [6.45, 7) is 4.38. The summed E-state index contributed by atoms with van der Waals surface area (Å²) < 4.78 is 0. The Morgan fingerprint density at radius 2 is 1.79 bits per heavy atom. The van der Waals surface area contributed by atoms with Crippen LogP contribution in [0.3, 0.4) is 0 Å². The molecule has 10 rings (SSSR count). The standard InChI is InChI=1S/C34H38Cl2N6O3S2/c35-23-12-27(46-16-23)28-32(41-14-19-3-6-42(26(19)15-41)29-21-8-17-7-20(10-21)24(29)9-17)47-34(38-28)39-31(43)22-11-25(36)30(37-13-22)40-4-1-18(2-5-40)33(44)45/h11-13,16-21,24,26,29H,1-10,14-15H2,(H,44,45)(H,38,39,43)/t17?,19?,20-,21?,24-,26?,29?/m1/s1. The summed E-state index contributed by atoms with van der Waals surface area (Å²) in [5.74, 6) is 3.61. The van der Waals surface area contributed by atoms with Gasteiger partial charge in [0.1, 0.15) is 16.5 Å². The van der Waals surface area contributed by atoms with E-state index < -0.39 is 5.97 Å². The van der Waals surface area contributed by atoms with E-state index in [-0.39, 0.29) is 11.8 Å². The Morgan fingerprint density at radius 3 is 2.53 bits per heavy atom. The number of carbonyl (C=O) groups excluding carboxylic acids is 1. The lowest BCUT2D eigenvalue weighted by molar-refractivity contribution is -0.142. The van der Waals surface area contributed by atoms with Gasteiger partial charge in [0.25, 0.3) is 5.91 Å². The monoisotopic (exact) mass is 712 g/mol. The molecule has 4 aliphatic carbocycles. The number of thiophene rings is 1. The molecular formula is C34H38Cl2N6O3S2. The SMILES string of the molecule is O=C(Nc1nc(-c2cc(Cl)cs2)c(N2CC3CCN(C4C5CC6C[C@H](C5)[C@H]4C6)C3C2)s1)c1cnc(N2CCC(C(=O)O)CC2)c(Cl)c1. The summed E-state index contributed by atoms with van der Waals surface area (Å²) in [6, 6.07) is 4.96. The van der Waals surface area contributed by atoms with Gasteiger partial charge >= 0.3 is 5.97 Å². The van der Waals surface area contributed by atoms with Crippen molar-refractivity contribution in [3.8, 4) is 10.6 Å². The van der Waals surface area contributed by atoms with Crippen molar-refractivity contribution in [2.75, 3.05) is 47.8 Å². The normalized spacial score (nSPS) is 31.7. The molecule has 248 valence electrons. The van der Waals surface area contributed by atoms with Gasteiger partial charge < -0.3 is 14.9 Å². The Kier molecular flexibility index (Phi) is 7.72. The molecule has 7 aliphatic rings. The predicted molar refractivity (Wildman–Crippen MR) is 187 cm³/mol. The Morgan fingerprint density at radius 1 is 0.957 bits per heavy atom. The lowest BCUT2D eigenvalue weighted by Gasteiger charge is -2.41. The van der Waals surface area contributed by atoms with Crippen molar-refractivity contribution < 1.29 is 14.7 Å². The number of thiazole rings is 1. The maximum Gasteiger partial charge on any atom is 0.306 e. The van der Waals surface area contributed by atoms with E-state index in [1.165, 1.54) is 56.2 Å². The number of pyridine rings is 1. The first-order chi connectivity index (χ1) is 22.8. The van der Waals surface area contributed by atoms with Crippen LogP contribution in [0, 0.1) is 35.5 Å². The van der Waals surface area contributed by atoms with E-state index in [0.29, 0.717) is 64.4 Å². The molecule has 0 spiro atoms. The number of piperidine rings is 1. The van der Waals surface area contributed by atoms with Gasteiger partial charge in [-0.2, -0.15) is 0 Å². The molecule has 2 N–H and O–H groups in total. The molecule has 3 aliphatic heterocycles. The molecule has 4 bridgehead atoms. The first-order valence-electron chi connectivity index (χ1n) is 17.0. The topological polar surface area (TPSA) is 102 Å². The minimum atomic E-state index is -0.761. The van der Waals surface area contributed by atoms with Crippen LogP contribution in [0.5, 0.6) is 0 Å². The molecule has 4 saturated carbocycles. The number of rotatable bonds is 7. The van der Waals surface area contributed by atoms with Crippen molar-refractivity contribution >= 4 is 73.7 Å². The molecule has 13 heteroatoms. The molecule has 1 amide bonds. The molecule has 3 aromatic rings. The zero-order valence-corrected chi connectivity index (χ0v) is 29.1. The fourth-order valence-corrected chi connectivity index (χ4v) is 12.6. The zero-order chi connectivity index (χ0) is 32.0. The lowest BCUT2D eigenvalue weighted by atomic mass is 9.78. The molecule has 7 fully saturated rings. The number of likely N-dealkylation sites (tertiary alicyclic amines) is 1. The highest BCUT2D eigenvalue weighted by atomic mass is 35.5. The number of carboxylic acids is 1. The van der Waals surface area contributed by atoms with E-state index in [0.717, 1.165) is 58.4 Å². The van der Waals surface area contributed by atoms with E-state index in [1.807, 2.05) is 16.3 Å². The lowest BCUT2D eigenvalue weighted by Crippen LogP contribution is -2.48. The molecule has 5 unspecified atom stereocenters. The van der Waals surface area contributed by atoms with Crippen molar-refractivity contribution in [2.24, 2.45) is 35.5 Å². The van der Waals surface area contributed by atoms with Crippen molar-refractivity contribution in [1.29, 1.82) is 0 Å². The third kappa shape index (κ3) is 5.35. The van der Waals surface area contributed by atoms with Crippen LogP contribution in [0.25, 0.3) is 10.6 Å². The van der Waals surface area contributed by atoms with Gasteiger partial charge in [-0.1, -0.05) is 34.5 Å². The smallest absolute Gasteiger partial charge is 0.306 e. The highest BCUT2D eigenvalue weighted by Gasteiger charge is 2.58. The highest BCUT2D eigenvalue weighted by molar-refractivity contribution is 7.21. The summed E-state index contributed by atoms with van der Waals surface area (Å²) in [5.41, 5.74) is 1.23. The second kappa shape index (κ2) is 11.9. The number of fused-ring (bicyclic) bond motifs is 1. The van der Waals surface area contributed by atoms with Crippen LogP contribution in [-0.2, 0) is 4.79 Å². The highest BCUT2D eigenvalue weighted by Crippen LogP contribution is 2.60. The maximum atomic E-state index is 13.5. The third-order valence-electron chi connectivity index (χ3n) is 12.1. The number of halogens is 2. The minimum absolute atomic E-state index is 0.317. The number of aliphatic carboxylic acids is 1. The van der Waals surface area contributed by atoms with Gasteiger partial charge in [0.05, 0.1) is 26.4 Å². The number of nitrogens with zero attached hydrogens (tertiary/aromatic N) is 5. The second-order valence-electron chi connectivity index (χ2n) is 14.6. The number of carboxylic acid groups (broad SMARTS) is 1. The molecule has 9 nitrogen and oxygen atoms in total. The molecule has 0 aromatic carbocycles. The van der Waals surface area contributed by atoms with E-state index in [9.17, 15) is 14.7 Å². The average molecular weight is 714 g/mol. The maximum absolute atomic E-state index is 13.5. The van der Waals surface area contributed by atoms with Gasteiger partial charge in [-0.25, -0.2) is 9.97 Å². The Labute approximate surface area is 292 Å². The number of hydrogen-bond donors (Lipinski definition) is 2. The second-order valence-corrected chi connectivity index (χ2v) is 17.4. The first kappa shape index (κ1) is 30.6. The summed E-state index contributed by atoms with van der Waals surface area (Å²) in [4.78, 5) is 42.7. The van der Waals surface area contributed by atoms with E-state index in [4.69, 9.17) is 28.2 Å². The molecule has 3 saturated heterocycles. The number of hydrogen-bond acceptors (Lipinski definition) is 9. The molecule has 47 heavy (non-hydrogen) atoms. The van der Waals surface area contributed by atoms with E-state index in [2.05, 4.69) is 20.1 Å². The fraction of sp³-hybridized carbons (Fsp3) is 0.588. The Balaban J connectivity index is 0.930. The van der Waals surface area contributed by atoms with Crippen LogP contribution in [0.4, 0.5) is 16.0 Å². The van der Waals surface area contributed by atoms with Gasteiger partial charge in [0.2, 0.25) is 0 Å². The summed E-state index contributed by atoms with van der Waals surface area (Å²) in [5, 5.41) is 17.0. The molecular weight excluding hydrogens is 675 g/mol. The fourth-order valence-electron chi connectivity index (χ4n) is 10.2. The number of aromatic nitrogens is 2. The number of anilines is 3. The van der Waals surface area contributed by atoms with Gasteiger partial charge in [-0.05, 0) is 93.2 Å². The Hall–Kier alpha value is -2.44. The minimum Gasteiger partial charge on any atom is -0.481 e. The van der Waals surface area contributed by atoms with Crippen LogP contribution in [0.15, 0.2) is 23.7 Å². The average Bonchev–Trinajstić information content (AvgIpc) is 3.90. The van der Waals surface area contributed by atoms with Gasteiger partial charge in [-0.3, -0.25) is 19.8 Å². The van der Waals surface area contributed by atoms with Gasteiger partial charge in [0, 0.05) is 49.8 Å². The largest absolute Gasteiger partial charge is 0.481 e. The number of amides is 1. The zero-order valence-electron chi connectivity index (χ0n) is 26.0. The number of nitrogens with one attached hydrogen (secondary N) is 1. The van der Waals surface area contributed by atoms with Crippen LogP contribution in [0.1, 0.15) is 55.3 Å². The van der Waals surface area contributed by atoms with Gasteiger partial charge in [-0.15, -0.1) is 11.3 Å². The molecule has 6 heterocycles. The summed E-state index contributed by atoms with van der Waals surface area (Å²) in [7, 11) is 0. The van der Waals surface area contributed by atoms with Crippen LogP contribution in [-0.4, -0.2) is 76.7 Å². The quantitative estimate of drug-likeness (QED) is 0.268. The predicted octanol–water partition coefficient (Wildman–Crippen LogP) is 7.07. The molecule has 3 aromatic heterocycles. The van der Waals surface area contributed by atoms with E-state index in [1.54, 1.807) is 17.4 Å². The summed E-state index contributed by atoms with van der Waals surface area (Å²) in [6.07, 6.45) is 9.72. The van der Waals surface area contributed by atoms with Crippen LogP contribution < -0.4 is 15.1 Å². The van der Waals surface area contributed by atoms with Crippen LogP contribution in [0.2, 0.25) is 10.0 Å². The van der Waals surface area contributed by atoms with Crippen molar-refractivity contribution in [3.63, 3.8) is 0 Å². The van der Waals surface area contributed by atoms with Crippen molar-refractivity contribution in [1.82, 2.24) is 14.9 Å². The van der Waals surface area contributed by atoms with Crippen LogP contribution >= 0.6 is 45.9 Å². The van der Waals surface area contributed by atoms with E-state index >= 15 is 0 Å². The molecule has 0 radical (unpaired) electrons. The summed E-state index contributed by atoms with van der Waals surface area (Å²) >= 11 is 16.1. The van der Waals surface area contributed by atoms with Crippen molar-refractivity contribution in [3.05, 3.63) is 39.3 Å². The number of carbonyl (C=O) groups is 2.